The zero-order valence-electron chi connectivity index (χ0n) is 21.6. The molecule has 2 aromatic carbocycles. The summed E-state index contributed by atoms with van der Waals surface area (Å²) in [5.41, 5.74) is 2.79. The van der Waals surface area contributed by atoms with Gasteiger partial charge in [-0.1, -0.05) is 28.9 Å². The highest BCUT2D eigenvalue weighted by Gasteiger charge is 2.17. The molecule has 0 aliphatic carbocycles. The molecule has 13 nitrogen and oxygen atoms in total. The third-order valence-corrected chi connectivity index (χ3v) is 5.76. The van der Waals surface area contributed by atoms with Crippen LogP contribution in [0.2, 0.25) is 0 Å². The van der Waals surface area contributed by atoms with E-state index in [-0.39, 0.29) is 23.2 Å². The fraction of sp³-hybridized carbons (Fsp3) is 0.222. The molecule has 0 atom stereocenters. The van der Waals surface area contributed by atoms with E-state index >= 15 is 0 Å². The maximum absolute atomic E-state index is 13.0. The van der Waals surface area contributed by atoms with Crippen molar-refractivity contribution in [3.63, 3.8) is 0 Å². The highest BCUT2D eigenvalue weighted by Crippen LogP contribution is 2.21. The number of carbonyl (C=O) groups is 3. The van der Waals surface area contributed by atoms with Gasteiger partial charge in [0.15, 0.2) is 0 Å². The van der Waals surface area contributed by atoms with E-state index in [4.69, 9.17) is 14.7 Å². The molecule has 14 heteroatoms. The summed E-state index contributed by atoms with van der Waals surface area (Å²) < 4.78 is 18.1. The van der Waals surface area contributed by atoms with E-state index in [0.717, 1.165) is 38.0 Å². The summed E-state index contributed by atoms with van der Waals surface area (Å²) in [5.74, 6) is -3.16. The quantitative estimate of drug-likeness (QED) is 0.141. The van der Waals surface area contributed by atoms with Crippen LogP contribution < -0.4 is 5.32 Å². The minimum atomic E-state index is -1.26. The van der Waals surface area contributed by atoms with Gasteiger partial charge >= 0.3 is 11.9 Å². The molecule has 214 valence electrons. The minimum Gasteiger partial charge on any atom is -0.478 e. The third kappa shape index (κ3) is 10.1. The Bertz CT molecular complexity index is 1420. The molecule has 3 N–H and O–H groups in total. The maximum atomic E-state index is 13.0. The van der Waals surface area contributed by atoms with Crippen molar-refractivity contribution in [3.8, 4) is 11.5 Å². The van der Waals surface area contributed by atoms with Crippen LogP contribution in [0.4, 0.5) is 10.1 Å². The summed E-state index contributed by atoms with van der Waals surface area (Å²) in [6.45, 7) is 2.93. The number of nitrogens with one attached hydrogen (secondary N) is 1. The lowest BCUT2D eigenvalue weighted by Crippen LogP contribution is -2.30. The fourth-order valence-electron chi connectivity index (χ4n) is 3.69. The summed E-state index contributed by atoms with van der Waals surface area (Å²) in [7, 11) is 0. The number of nitro benzene ring substituents is 1. The Morgan fingerprint density at radius 3 is 2.29 bits per heavy atom. The van der Waals surface area contributed by atoms with Crippen molar-refractivity contribution in [1.82, 2.24) is 20.4 Å². The smallest absolute Gasteiger partial charge is 0.328 e. The Hall–Kier alpha value is -5.24. The Morgan fingerprint density at radius 2 is 1.73 bits per heavy atom. The first-order valence-electron chi connectivity index (χ1n) is 12.3. The Morgan fingerprint density at radius 1 is 1.07 bits per heavy atom. The highest BCUT2D eigenvalue weighted by molar-refractivity contribution is 5.90. The molecular formula is C27H26FN5O8. The predicted molar refractivity (Wildman–Crippen MR) is 142 cm³/mol. The van der Waals surface area contributed by atoms with Gasteiger partial charge in [0, 0.05) is 56.0 Å². The molecule has 0 unspecified atom stereocenters. The molecule has 0 saturated heterocycles. The lowest BCUT2D eigenvalue weighted by atomic mass is 10.0. The molecule has 0 fully saturated rings. The number of carboxylic acid groups (broad SMARTS) is 2. The molecule has 3 aromatic rings. The molecule has 1 aliphatic rings. The van der Waals surface area contributed by atoms with E-state index < -0.39 is 22.8 Å². The second-order valence-corrected chi connectivity index (χ2v) is 8.72. The number of non-ortho nitro benzene ring substituents is 1. The average Bonchev–Trinajstić information content (AvgIpc) is 3.45. The number of aromatic nitrogens is 2. The molecule has 1 amide bonds. The van der Waals surface area contributed by atoms with Gasteiger partial charge in [0.05, 0.1) is 4.92 Å². The normalized spacial score (nSPS) is 13.1. The van der Waals surface area contributed by atoms with Gasteiger partial charge in [0.1, 0.15) is 5.82 Å². The maximum Gasteiger partial charge on any atom is 0.328 e. The summed E-state index contributed by atoms with van der Waals surface area (Å²) >= 11 is 0. The van der Waals surface area contributed by atoms with Gasteiger partial charge in [-0.05, 0) is 42.7 Å². The van der Waals surface area contributed by atoms with Crippen molar-refractivity contribution in [1.29, 1.82) is 0 Å². The number of hydrogen-bond acceptors (Lipinski definition) is 9. The molecule has 1 aromatic heterocycles. The number of rotatable bonds is 10. The monoisotopic (exact) mass is 567 g/mol. The van der Waals surface area contributed by atoms with Crippen molar-refractivity contribution in [2.24, 2.45) is 0 Å². The van der Waals surface area contributed by atoms with E-state index in [0.29, 0.717) is 24.3 Å². The van der Waals surface area contributed by atoms with Crippen molar-refractivity contribution >= 4 is 23.5 Å². The first-order valence-corrected chi connectivity index (χ1v) is 12.3. The number of carboxylic acids is 2. The third-order valence-electron chi connectivity index (χ3n) is 5.76. The molecule has 0 spiro atoms. The van der Waals surface area contributed by atoms with Gasteiger partial charge in [0.25, 0.3) is 23.3 Å². The number of aliphatic carboxylic acids is 2. The summed E-state index contributed by atoms with van der Waals surface area (Å²) in [5, 5.41) is 32.8. The van der Waals surface area contributed by atoms with E-state index in [1.165, 1.54) is 42.0 Å². The molecule has 2 heterocycles. The zero-order valence-corrected chi connectivity index (χ0v) is 21.6. The van der Waals surface area contributed by atoms with Gasteiger partial charge in [-0.3, -0.25) is 19.8 Å². The van der Waals surface area contributed by atoms with Crippen LogP contribution in [-0.2, 0) is 16.1 Å². The predicted octanol–water partition coefficient (Wildman–Crippen LogP) is 3.45. The standard InChI is InChI=1S/C23H22FN5O4.C4H4O4/c24-19-5-1-17(2-6-19)15-28-13-10-16(11-14-28)9-12-25-22(30)21-26-23(33-27-21)18-3-7-20(8-4-18)29(31)32;5-3(6)1-2-4(7)8/h1-8,10H,9,11-15H2,(H,25,30);1-2H,(H,5,6)(H,7,8). The van der Waals surface area contributed by atoms with E-state index in [9.17, 15) is 28.9 Å². The second kappa shape index (κ2) is 14.8. The first kappa shape index (κ1) is 30.3. The number of halogens is 1. The van der Waals surface area contributed by atoms with Gasteiger partial charge < -0.3 is 20.1 Å². The molecule has 41 heavy (non-hydrogen) atoms. The average molecular weight is 568 g/mol. The van der Waals surface area contributed by atoms with Crippen molar-refractivity contribution in [2.75, 3.05) is 19.6 Å². The Kier molecular flexibility index (Phi) is 10.9. The highest BCUT2D eigenvalue weighted by atomic mass is 19.1. The first-order chi connectivity index (χ1) is 19.6. The molecule has 0 saturated carbocycles. The van der Waals surface area contributed by atoms with Crippen LogP contribution in [0.15, 0.2) is 76.9 Å². The van der Waals surface area contributed by atoms with Crippen LogP contribution >= 0.6 is 0 Å². The number of hydrogen-bond donors (Lipinski definition) is 3. The fourth-order valence-corrected chi connectivity index (χ4v) is 3.69. The molecule has 4 rings (SSSR count). The largest absolute Gasteiger partial charge is 0.478 e. The summed E-state index contributed by atoms with van der Waals surface area (Å²) in [6, 6.07) is 12.2. The van der Waals surface area contributed by atoms with Gasteiger partial charge in [-0.15, -0.1) is 0 Å². The van der Waals surface area contributed by atoms with Crippen LogP contribution in [0.5, 0.6) is 0 Å². The van der Waals surface area contributed by atoms with Gasteiger partial charge in [-0.25, -0.2) is 14.0 Å². The number of benzene rings is 2. The van der Waals surface area contributed by atoms with Crippen molar-refractivity contribution < 1.29 is 38.4 Å². The van der Waals surface area contributed by atoms with Crippen molar-refractivity contribution in [2.45, 2.75) is 19.4 Å². The SMILES string of the molecule is O=C(NCCC1=CCN(Cc2ccc(F)cc2)CC1)c1noc(-c2ccc([N+](=O)[O-])cc2)n1.O=C(O)C=CC(=O)O. The summed E-state index contributed by atoms with van der Waals surface area (Å²) in [4.78, 5) is 48.0. The number of nitro groups is 1. The van der Waals surface area contributed by atoms with Crippen molar-refractivity contribution in [3.05, 3.63) is 99.7 Å². The van der Waals surface area contributed by atoms with Crippen LogP contribution in [-0.4, -0.2) is 67.7 Å². The van der Waals surface area contributed by atoms with Crippen LogP contribution in [0.1, 0.15) is 29.0 Å². The van der Waals surface area contributed by atoms with E-state index in [1.807, 2.05) is 0 Å². The van der Waals surface area contributed by atoms with E-state index in [1.54, 1.807) is 12.1 Å². The van der Waals surface area contributed by atoms with E-state index in [2.05, 4.69) is 26.4 Å². The topological polar surface area (TPSA) is 189 Å². The number of carbonyl (C=O) groups excluding carboxylic acids is 1. The van der Waals surface area contributed by atoms with Crippen LogP contribution in [0, 0.1) is 15.9 Å². The Balaban J connectivity index is 0.000000507. The number of nitrogens with zero attached hydrogens (tertiary/aromatic N) is 4. The molecule has 0 bridgehead atoms. The lowest BCUT2D eigenvalue weighted by Gasteiger charge is -2.26. The van der Waals surface area contributed by atoms with Gasteiger partial charge in [-0.2, -0.15) is 4.98 Å². The lowest BCUT2D eigenvalue weighted by molar-refractivity contribution is -0.384. The second-order valence-electron chi connectivity index (χ2n) is 8.72. The summed E-state index contributed by atoms with van der Waals surface area (Å²) in [6.07, 6.45) is 4.91. The van der Waals surface area contributed by atoms with Crippen LogP contribution in [0.3, 0.4) is 0 Å². The van der Waals surface area contributed by atoms with Crippen LogP contribution in [0.25, 0.3) is 11.5 Å². The zero-order chi connectivity index (χ0) is 29.8. The molecule has 1 aliphatic heterocycles. The molecule has 0 radical (unpaired) electrons. The Labute approximate surface area is 232 Å². The minimum absolute atomic E-state index is 0.0492. The number of amides is 1. The van der Waals surface area contributed by atoms with Gasteiger partial charge in [0.2, 0.25) is 0 Å². The molecular weight excluding hydrogens is 541 g/mol.